The molecule has 1 aliphatic rings. The molecule has 128 valence electrons. The van der Waals surface area contributed by atoms with Gasteiger partial charge in [-0.3, -0.25) is 19.3 Å². The van der Waals surface area contributed by atoms with E-state index in [-0.39, 0.29) is 25.5 Å². The van der Waals surface area contributed by atoms with Gasteiger partial charge < -0.3 is 15.1 Å². The third-order valence-electron chi connectivity index (χ3n) is 3.67. The van der Waals surface area contributed by atoms with Crippen molar-refractivity contribution < 1.29 is 19.2 Å². The van der Waals surface area contributed by atoms with E-state index in [1.165, 1.54) is 23.9 Å². The lowest BCUT2D eigenvalue weighted by molar-refractivity contribution is -0.137. The summed E-state index contributed by atoms with van der Waals surface area (Å²) in [4.78, 5) is 50.8. The van der Waals surface area contributed by atoms with Crippen molar-refractivity contribution in [1.82, 2.24) is 14.7 Å². The maximum atomic E-state index is 12.1. The number of nitrogens with zero attached hydrogens (tertiary/aromatic N) is 3. The molecule has 1 fully saturated rings. The van der Waals surface area contributed by atoms with Gasteiger partial charge in [0, 0.05) is 19.8 Å². The van der Waals surface area contributed by atoms with Crippen molar-refractivity contribution in [1.29, 1.82) is 0 Å². The summed E-state index contributed by atoms with van der Waals surface area (Å²) in [6.45, 7) is 1.37. The number of benzene rings is 1. The fourth-order valence-corrected chi connectivity index (χ4v) is 2.22. The number of aryl methyl sites for hydroxylation is 1. The second-order valence-corrected chi connectivity index (χ2v) is 5.78. The van der Waals surface area contributed by atoms with E-state index in [0.29, 0.717) is 5.69 Å². The maximum absolute atomic E-state index is 12.1. The molecule has 8 heteroatoms. The SMILES string of the molecule is Cc1ccc(NC(=O)CN(C)C(=O)CN2C(=O)CN(C)C2=O)cc1. The molecule has 0 atom stereocenters. The summed E-state index contributed by atoms with van der Waals surface area (Å²) >= 11 is 0. The van der Waals surface area contributed by atoms with E-state index in [1.54, 1.807) is 12.1 Å². The molecule has 0 spiro atoms. The first kappa shape index (κ1) is 17.5. The van der Waals surface area contributed by atoms with Crippen molar-refractivity contribution in [3.63, 3.8) is 0 Å². The fourth-order valence-electron chi connectivity index (χ4n) is 2.22. The molecule has 8 nitrogen and oxygen atoms in total. The largest absolute Gasteiger partial charge is 0.335 e. The molecule has 1 heterocycles. The van der Waals surface area contributed by atoms with Crippen LogP contribution < -0.4 is 5.32 Å². The minimum absolute atomic E-state index is 0.0380. The normalized spacial score (nSPS) is 14.1. The molecule has 0 unspecified atom stereocenters. The number of hydrogen-bond donors (Lipinski definition) is 1. The van der Waals surface area contributed by atoms with E-state index >= 15 is 0 Å². The average molecular weight is 332 g/mol. The van der Waals surface area contributed by atoms with Gasteiger partial charge in [-0.1, -0.05) is 17.7 Å². The first-order chi connectivity index (χ1) is 11.3. The maximum Gasteiger partial charge on any atom is 0.327 e. The van der Waals surface area contributed by atoms with Gasteiger partial charge in [0.1, 0.15) is 13.1 Å². The van der Waals surface area contributed by atoms with Crippen molar-refractivity contribution in [2.45, 2.75) is 6.92 Å². The topological polar surface area (TPSA) is 90.0 Å². The molecule has 1 aromatic carbocycles. The molecule has 24 heavy (non-hydrogen) atoms. The van der Waals surface area contributed by atoms with Gasteiger partial charge in [0.25, 0.3) is 5.91 Å². The van der Waals surface area contributed by atoms with Crippen LogP contribution in [0.1, 0.15) is 5.56 Å². The highest BCUT2D eigenvalue weighted by molar-refractivity contribution is 6.04. The van der Waals surface area contributed by atoms with E-state index in [0.717, 1.165) is 10.5 Å². The van der Waals surface area contributed by atoms with Crippen LogP contribution in [0, 0.1) is 6.92 Å². The second-order valence-electron chi connectivity index (χ2n) is 5.78. The zero-order valence-corrected chi connectivity index (χ0v) is 13.9. The summed E-state index contributed by atoms with van der Waals surface area (Å²) in [6, 6.07) is 6.77. The van der Waals surface area contributed by atoms with Crippen molar-refractivity contribution >= 4 is 29.4 Å². The van der Waals surface area contributed by atoms with Gasteiger partial charge >= 0.3 is 6.03 Å². The molecular weight excluding hydrogens is 312 g/mol. The number of urea groups is 1. The number of amides is 5. The third-order valence-corrected chi connectivity index (χ3v) is 3.67. The van der Waals surface area contributed by atoms with Crippen LogP contribution in [0.5, 0.6) is 0 Å². The Morgan fingerprint density at radius 2 is 1.83 bits per heavy atom. The third kappa shape index (κ3) is 4.09. The Hall–Kier alpha value is -2.90. The van der Waals surface area contributed by atoms with Crippen LogP contribution in [0.15, 0.2) is 24.3 Å². The Labute approximate surface area is 140 Å². The summed E-state index contributed by atoms with van der Waals surface area (Å²) in [7, 11) is 2.94. The lowest BCUT2D eigenvalue weighted by Gasteiger charge is -2.20. The van der Waals surface area contributed by atoms with Crippen LogP contribution in [0.3, 0.4) is 0 Å². The van der Waals surface area contributed by atoms with Crippen LogP contribution >= 0.6 is 0 Å². The fraction of sp³-hybridized carbons (Fsp3) is 0.375. The number of nitrogens with one attached hydrogen (secondary N) is 1. The standard InChI is InChI=1S/C16H20N4O4/c1-11-4-6-12(7-5-11)17-13(21)8-18(2)14(22)10-20-15(23)9-19(3)16(20)24/h4-7H,8-10H2,1-3H3,(H,17,21). The van der Waals surface area contributed by atoms with Crippen molar-refractivity contribution in [3.05, 3.63) is 29.8 Å². The van der Waals surface area contributed by atoms with Crippen LogP contribution in [0.2, 0.25) is 0 Å². The van der Waals surface area contributed by atoms with Gasteiger partial charge in [-0.15, -0.1) is 0 Å². The first-order valence-corrected chi connectivity index (χ1v) is 7.44. The molecular formula is C16H20N4O4. The summed E-state index contributed by atoms with van der Waals surface area (Å²) in [5.74, 6) is -1.26. The Morgan fingerprint density at radius 3 is 2.38 bits per heavy atom. The number of likely N-dealkylation sites (N-methyl/N-ethyl adjacent to an activating group) is 2. The minimum atomic E-state index is -0.508. The Balaban J connectivity index is 1.87. The van der Waals surface area contributed by atoms with E-state index < -0.39 is 17.8 Å². The Kier molecular flexibility index (Phi) is 5.18. The predicted octanol–water partition coefficient (Wildman–Crippen LogP) is 0.286. The molecule has 0 aromatic heterocycles. The van der Waals surface area contributed by atoms with Gasteiger partial charge in [-0.05, 0) is 19.1 Å². The van der Waals surface area contributed by atoms with E-state index in [2.05, 4.69) is 5.32 Å². The number of carbonyl (C=O) groups is 4. The van der Waals surface area contributed by atoms with Crippen molar-refractivity contribution in [2.75, 3.05) is 39.0 Å². The van der Waals surface area contributed by atoms with Gasteiger partial charge in [0.2, 0.25) is 11.8 Å². The smallest absolute Gasteiger partial charge is 0.327 e. The second kappa shape index (κ2) is 7.12. The highest BCUT2D eigenvalue weighted by Gasteiger charge is 2.35. The molecule has 0 bridgehead atoms. The van der Waals surface area contributed by atoms with Crippen LogP contribution in [0.25, 0.3) is 0 Å². The van der Waals surface area contributed by atoms with Crippen LogP contribution in [-0.2, 0) is 14.4 Å². The van der Waals surface area contributed by atoms with E-state index in [9.17, 15) is 19.2 Å². The number of carbonyl (C=O) groups excluding carboxylic acids is 4. The number of imide groups is 1. The van der Waals surface area contributed by atoms with Gasteiger partial charge in [-0.25, -0.2) is 4.79 Å². The molecule has 5 amide bonds. The highest BCUT2D eigenvalue weighted by atomic mass is 16.2. The number of hydrogen-bond acceptors (Lipinski definition) is 4. The molecule has 0 aliphatic carbocycles. The average Bonchev–Trinajstić information content (AvgIpc) is 2.75. The molecule has 0 radical (unpaired) electrons. The quantitative estimate of drug-likeness (QED) is 0.785. The minimum Gasteiger partial charge on any atom is -0.335 e. The van der Waals surface area contributed by atoms with E-state index in [1.807, 2.05) is 19.1 Å². The summed E-state index contributed by atoms with van der Waals surface area (Å²) in [5, 5.41) is 2.68. The van der Waals surface area contributed by atoms with Crippen molar-refractivity contribution in [3.8, 4) is 0 Å². The number of rotatable bonds is 5. The number of anilines is 1. The van der Waals surface area contributed by atoms with Gasteiger partial charge in [0.15, 0.2) is 0 Å². The molecule has 1 N–H and O–H groups in total. The van der Waals surface area contributed by atoms with Crippen LogP contribution in [0.4, 0.5) is 10.5 Å². The van der Waals surface area contributed by atoms with Crippen LogP contribution in [-0.4, -0.2) is 72.2 Å². The van der Waals surface area contributed by atoms with E-state index in [4.69, 9.17) is 0 Å². The highest BCUT2D eigenvalue weighted by Crippen LogP contribution is 2.09. The molecule has 1 aliphatic heterocycles. The Bertz CT molecular complexity index is 671. The predicted molar refractivity (Wildman–Crippen MR) is 87.2 cm³/mol. The van der Waals surface area contributed by atoms with Gasteiger partial charge in [-0.2, -0.15) is 0 Å². The molecule has 0 saturated carbocycles. The first-order valence-electron chi connectivity index (χ1n) is 7.44. The zero-order valence-electron chi connectivity index (χ0n) is 13.9. The summed E-state index contributed by atoms with van der Waals surface area (Å²) in [6.07, 6.45) is 0. The zero-order chi connectivity index (χ0) is 17.9. The van der Waals surface area contributed by atoms with Crippen molar-refractivity contribution in [2.24, 2.45) is 0 Å². The lowest BCUT2D eigenvalue weighted by atomic mass is 10.2. The molecule has 1 aromatic rings. The molecule has 2 rings (SSSR count). The lowest BCUT2D eigenvalue weighted by Crippen LogP contribution is -2.44. The Morgan fingerprint density at radius 1 is 1.21 bits per heavy atom. The monoisotopic (exact) mass is 332 g/mol. The van der Waals surface area contributed by atoms with Gasteiger partial charge in [0.05, 0.1) is 6.54 Å². The summed E-state index contributed by atoms with van der Waals surface area (Å²) in [5.41, 5.74) is 1.71. The molecule has 1 saturated heterocycles. The summed E-state index contributed by atoms with van der Waals surface area (Å²) < 4.78 is 0.